The van der Waals surface area contributed by atoms with Gasteiger partial charge in [0.2, 0.25) is 0 Å². The van der Waals surface area contributed by atoms with Crippen molar-refractivity contribution in [1.29, 1.82) is 0 Å². The van der Waals surface area contributed by atoms with Crippen LogP contribution in [0.15, 0.2) is 12.2 Å². The van der Waals surface area contributed by atoms with E-state index >= 15 is 0 Å². The molecule has 0 fully saturated rings. The zero-order valence-electron chi connectivity index (χ0n) is 8.09. The summed E-state index contributed by atoms with van der Waals surface area (Å²) < 4.78 is 0. The van der Waals surface area contributed by atoms with Gasteiger partial charge in [0.1, 0.15) is 0 Å². The molecule has 1 heteroatoms. The van der Waals surface area contributed by atoms with E-state index < -0.39 is 0 Å². The number of rotatable bonds is 0. The molecular weight excluding hydrogens is 134 g/mol. The number of hydrogen-bond acceptors (Lipinski definition) is 1. The molecule has 0 aliphatic carbocycles. The fourth-order valence-electron chi connectivity index (χ4n) is 1.72. The highest BCUT2D eigenvalue weighted by molar-refractivity contribution is 4.98. The van der Waals surface area contributed by atoms with Crippen molar-refractivity contribution < 1.29 is 0 Å². The quantitative estimate of drug-likeness (QED) is 0.483. The molecule has 11 heavy (non-hydrogen) atoms. The first-order valence-electron chi connectivity index (χ1n) is 4.43. The lowest BCUT2D eigenvalue weighted by Crippen LogP contribution is -2.48. The monoisotopic (exact) mass is 153 g/mol. The fraction of sp³-hybridized carbons (Fsp3) is 0.800. The van der Waals surface area contributed by atoms with E-state index in [2.05, 4.69) is 44.7 Å². The molecule has 0 aromatic carbocycles. The minimum atomic E-state index is 0.324. The highest BCUT2D eigenvalue weighted by Crippen LogP contribution is 2.21. The first-order chi connectivity index (χ1) is 5.02. The highest BCUT2D eigenvalue weighted by atomic mass is 15.2. The smallest absolute Gasteiger partial charge is 0.0171 e. The molecular formula is C10H19N. The van der Waals surface area contributed by atoms with Gasteiger partial charge in [0.25, 0.3) is 0 Å². The third kappa shape index (κ3) is 2.06. The minimum Gasteiger partial charge on any atom is -0.292 e. The highest BCUT2D eigenvalue weighted by Gasteiger charge is 2.25. The van der Waals surface area contributed by atoms with E-state index in [0.717, 1.165) is 6.54 Å². The van der Waals surface area contributed by atoms with Gasteiger partial charge in [-0.15, -0.1) is 0 Å². The average Bonchev–Trinajstić information content (AvgIpc) is 1.86. The van der Waals surface area contributed by atoms with E-state index in [0.29, 0.717) is 11.6 Å². The van der Waals surface area contributed by atoms with Gasteiger partial charge >= 0.3 is 0 Å². The summed E-state index contributed by atoms with van der Waals surface area (Å²) in [6.07, 6.45) is 5.76. The Morgan fingerprint density at radius 2 is 1.91 bits per heavy atom. The molecule has 0 amide bonds. The van der Waals surface area contributed by atoms with Crippen LogP contribution in [0.3, 0.4) is 0 Å². The molecule has 0 N–H and O–H groups in total. The maximum atomic E-state index is 2.53. The molecule has 0 spiro atoms. The summed E-state index contributed by atoms with van der Waals surface area (Å²) in [4.78, 5) is 2.53. The topological polar surface area (TPSA) is 3.24 Å². The summed E-state index contributed by atoms with van der Waals surface area (Å²) in [5.74, 6) is 0. The SMILES string of the molecule is CC1CC=CCN1C(C)(C)C. The molecule has 0 aromatic rings. The lowest BCUT2D eigenvalue weighted by Gasteiger charge is -2.41. The van der Waals surface area contributed by atoms with Crippen molar-refractivity contribution >= 4 is 0 Å². The summed E-state index contributed by atoms with van der Waals surface area (Å²) >= 11 is 0. The molecule has 1 atom stereocenters. The Labute approximate surface area is 70.1 Å². The minimum absolute atomic E-state index is 0.324. The van der Waals surface area contributed by atoms with Crippen LogP contribution in [0.25, 0.3) is 0 Å². The maximum absolute atomic E-state index is 2.53. The van der Waals surface area contributed by atoms with Crippen molar-refractivity contribution in [3.63, 3.8) is 0 Å². The van der Waals surface area contributed by atoms with Crippen molar-refractivity contribution in [3.8, 4) is 0 Å². The second-order valence-corrected chi connectivity index (χ2v) is 4.38. The van der Waals surface area contributed by atoms with E-state index in [1.54, 1.807) is 0 Å². The van der Waals surface area contributed by atoms with Gasteiger partial charge in [-0.2, -0.15) is 0 Å². The van der Waals surface area contributed by atoms with Crippen LogP contribution in [0.5, 0.6) is 0 Å². The van der Waals surface area contributed by atoms with E-state index in [1.165, 1.54) is 6.42 Å². The molecule has 1 rings (SSSR count). The van der Waals surface area contributed by atoms with Gasteiger partial charge in [-0.25, -0.2) is 0 Å². The van der Waals surface area contributed by atoms with Crippen molar-refractivity contribution in [1.82, 2.24) is 4.90 Å². The van der Waals surface area contributed by atoms with Crippen molar-refractivity contribution in [2.75, 3.05) is 6.54 Å². The summed E-state index contributed by atoms with van der Waals surface area (Å²) in [6, 6.07) is 0.708. The second-order valence-electron chi connectivity index (χ2n) is 4.38. The first-order valence-corrected chi connectivity index (χ1v) is 4.43. The predicted molar refractivity (Wildman–Crippen MR) is 49.7 cm³/mol. The summed E-state index contributed by atoms with van der Waals surface area (Å²) in [7, 11) is 0. The van der Waals surface area contributed by atoms with Crippen LogP contribution < -0.4 is 0 Å². The largest absolute Gasteiger partial charge is 0.292 e. The summed E-state index contributed by atoms with van der Waals surface area (Å²) in [6.45, 7) is 10.3. The van der Waals surface area contributed by atoms with Crippen LogP contribution in [0, 0.1) is 0 Å². The fourth-order valence-corrected chi connectivity index (χ4v) is 1.72. The summed E-state index contributed by atoms with van der Waals surface area (Å²) in [5.41, 5.74) is 0.324. The molecule has 0 radical (unpaired) electrons. The van der Waals surface area contributed by atoms with Crippen molar-refractivity contribution in [3.05, 3.63) is 12.2 Å². The van der Waals surface area contributed by atoms with E-state index in [-0.39, 0.29) is 0 Å². The Morgan fingerprint density at radius 1 is 1.27 bits per heavy atom. The van der Waals surface area contributed by atoms with Gasteiger partial charge < -0.3 is 0 Å². The van der Waals surface area contributed by atoms with Crippen LogP contribution in [-0.4, -0.2) is 23.0 Å². The van der Waals surface area contributed by atoms with Crippen molar-refractivity contribution in [2.45, 2.75) is 45.7 Å². The lowest BCUT2D eigenvalue weighted by atomic mass is 9.99. The average molecular weight is 153 g/mol. The van der Waals surface area contributed by atoms with E-state index in [4.69, 9.17) is 0 Å². The van der Waals surface area contributed by atoms with Crippen LogP contribution in [0.1, 0.15) is 34.1 Å². The zero-order chi connectivity index (χ0) is 8.48. The maximum Gasteiger partial charge on any atom is 0.0171 e. The Bertz CT molecular complexity index is 153. The van der Waals surface area contributed by atoms with Gasteiger partial charge in [0.15, 0.2) is 0 Å². The third-order valence-electron chi connectivity index (χ3n) is 2.34. The molecule has 1 heterocycles. The molecule has 1 aliphatic heterocycles. The van der Waals surface area contributed by atoms with Crippen LogP contribution >= 0.6 is 0 Å². The van der Waals surface area contributed by atoms with Gasteiger partial charge in [-0.05, 0) is 34.1 Å². The zero-order valence-corrected chi connectivity index (χ0v) is 8.09. The Morgan fingerprint density at radius 3 is 2.27 bits per heavy atom. The Balaban J connectivity index is 2.64. The van der Waals surface area contributed by atoms with Gasteiger partial charge in [-0.3, -0.25) is 4.90 Å². The van der Waals surface area contributed by atoms with Crippen LogP contribution in [-0.2, 0) is 0 Å². The van der Waals surface area contributed by atoms with Gasteiger partial charge in [0.05, 0.1) is 0 Å². The standard InChI is InChI=1S/C10H19N/c1-9-7-5-6-8-11(9)10(2,3)4/h5-6,9H,7-8H2,1-4H3. The third-order valence-corrected chi connectivity index (χ3v) is 2.34. The normalized spacial score (nSPS) is 27.5. The molecule has 64 valence electrons. The van der Waals surface area contributed by atoms with Crippen LogP contribution in [0.4, 0.5) is 0 Å². The molecule has 0 bridgehead atoms. The van der Waals surface area contributed by atoms with E-state index in [9.17, 15) is 0 Å². The van der Waals surface area contributed by atoms with Crippen LogP contribution in [0.2, 0.25) is 0 Å². The van der Waals surface area contributed by atoms with E-state index in [1.807, 2.05) is 0 Å². The molecule has 1 nitrogen and oxygen atoms in total. The second kappa shape index (κ2) is 2.98. The Hall–Kier alpha value is -0.300. The predicted octanol–water partition coefficient (Wildman–Crippen LogP) is 2.44. The number of hydrogen-bond donors (Lipinski definition) is 0. The molecule has 0 saturated heterocycles. The number of nitrogens with zero attached hydrogens (tertiary/aromatic N) is 1. The molecule has 1 aliphatic rings. The summed E-state index contributed by atoms with van der Waals surface area (Å²) in [5, 5.41) is 0. The first kappa shape index (κ1) is 8.79. The molecule has 0 saturated carbocycles. The molecule has 1 unspecified atom stereocenters. The molecule has 0 aromatic heterocycles. The lowest BCUT2D eigenvalue weighted by molar-refractivity contribution is 0.101. The Kier molecular flexibility index (Phi) is 2.38. The van der Waals surface area contributed by atoms with Gasteiger partial charge in [0, 0.05) is 18.1 Å². The van der Waals surface area contributed by atoms with Gasteiger partial charge in [-0.1, -0.05) is 12.2 Å². The van der Waals surface area contributed by atoms with Crippen molar-refractivity contribution in [2.24, 2.45) is 0 Å².